The van der Waals surface area contributed by atoms with E-state index >= 15 is 0 Å². The van der Waals surface area contributed by atoms with Crippen molar-refractivity contribution in [2.45, 2.75) is 33.2 Å². The zero-order valence-electron chi connectivity index (χ0n) is 11.7. The molecule has 1 heterocycles. The largest absolute Gasteiger partial charge is 0.501 e. The predicted molar refractivity (Wildman–Crippen MR) is 72.1 cm³/mol. The van der Waals surface area contributed by atoms with Crippen molar-refractivity contribution in [3.05, 3.63) is 35.6 Å². The maximum absolute atomic E-state index is 13.2. The van der Waals surface area contributed by atoms with Gasteiger partial charge in [0.2, 0.25) is 0 Å². The summed E-state index contributed by atoms with van der Waals surface area (Å²) in [4.78, 5) is 15.9. The summed E-state index contributed by atoms with van der Waals surface area (Å²) >= 11 is 0. The highest BCUT2D eigenvalue weighted by atomic mass is 19.1. The van der Waals surface area contributed by atoms with E-state index in [1.54, 1.807) is 0 Å². The number of carbonyl (C=O) groups is 1. The minimum Gasteiger partial charge on any atom is -0.501 e. The molecule has 1 aromatic rings. The summed E-state index contributed by atoms with van der Waals surface area (Å²) in [6.45, 7) is 7.93. The summed E-state index contributed by atoms with van der Waals surface area (Å²) < 4.78 is 18.2. The zero-order valence-corrected chi connectivity index (χ0v) is 11.7. The Balaban J connectivity index is 3.02. The van der Waals surface area contributed by atoms with Crippen LogP contribution in [0.3, 0.4) is 0 Å². The molecule has 1 N–H and O–H groups in total. The average molecular weight is 266 g/mol. The van der Waals surface area contributed by atoms with Crippen LogP contribution in [0.25, 0.3) is 6.08 Å². The van der Waals surface area contributed by atoms with Crippen LogP contribution >= 0.6 is 0 Å². The number of rotatable bonds is 4. The van der Waals surface area contributed by atoms with Gasteiger partial charge in [0, 0.05) is 11.1 Å². The van der Waals surface area contributed by atoms with Crippen molar-refractivity contribution in [2.75, 3.05) is 6.61 Å². The number of hydrogen-bond donors (Lipinski definition) is 1. The Kier molecular flexibility index (Phi) is 5.03. The molecule has 0 aliphatic carbocycles. The van der Waals surface area contributed by atoms with E-state index in [0.29, 0.717) is 12.2 Å². The van der Waals surface area contributed by atoms with Gasteiger partial charge in [-0.2, -0.15) is 0 Å². The molecular weight excluding hydrogens is 247 g/mol. The number of nitrogens with zero attached hydrogens (tertiary/aromatic N) is 1. The number of hydrogen-bond acceptors (Lipinski definition) is 3. The van der Waals surface area contributed by atoms with Crippen LogP contribution in [0.15, 0.2) is 18.5 Å². The average Bonchev–Trinajstić information content (AvgIpc) is 2.27. The lowest BCUT2D eigenvalue weighted by Gasteiger charge is -2.20. The Morgan fingerprint density at radius 3 is 2.79 bits per heavy atom. The summed E-state index contributed by atoms with van der Waals surface area (Å²) in [5.41, 5.74) is 0.177. The highest BCUT2D eigenvalue weighted by Crippen LogP contribution is 2.12. The SMILES string of the molecule is CCO/C=C/c1cc(F)cnc1C(=O)NC(C)(C)C. The Bertz CT molecular complexity index is 479. The number of amides is 1. The fourth-order valence-electron chi connectivity index (χ4n) is 1.39. The molecule has 0 unspecified atom stereocenters. The third-order valence-corrected chi connectivity index (χ3v) is 2.10. The molecule has 0 radical (unpaired) electrons. The molecule has 0 saturated heterocycles. The maximum Gasteiger partial charge on any atom is 0.270 e. The molecule has 104 valence electrons. The fourth-order valence-corrected chi connectivity index (χ4v) is 1.39. The molecule has 1 aromatic heterocycles. The molecule has 0 aliphatic heterocycles. The normalized spacial score (nSPS) is 11.6. The van der Waals surface area contributed by atoms with E-state index in [1.807, 2.05) is 27.7 Å². The number of aromatic nitrogens is 1. The van der Waals surface area contributed by atoms with Gasteiger partial charge in [0.1, 0.15) is 11.5 Å². The van der Waals surface area contributed by atoms with Crippen molar-refractivity contribution < 1.29 is 13.9 Å². The van der Waals surface area contributed by atoms with Crippen LogP contribution in [0.5, 0.6) is 0 Å². The van der Waals surface area contributed by atoms with Crippen molar-refractivity contribution in [3.63, 3.8) is 0 Å². The maximum atomic E-state index is 13.2. The van der Waals surface area contributed by atoms with Crippen molar-refractivity contribution in [1.29, 1.82) is 0 Å². The second-order valence-electron chi connectivity index (χ2n) is 5.05. The van der Waals surface area contributed by atoms with Gasteiger partial charge in [-0.15, -0.1) is 0 Å². The van der Waals surface area contributed by atoms with Crippen LogP contribution in [0, 0.1) is 5.82 Å². The highest BCUT2D eigenvalue weighted by Gasteiger charge is 2.18. The number of pyridine rings is 1. The van der Waals surface area contributed by atoms with E-state index in [4.69, 9.17) is 4.74 Å². The molecule has 19 heavy (non-hydrogen) atoms. The molecule has 0 fully saturated rings. The predicted octanol–water partition coefficient (Wildman–Crippen LogP) is 2.76. The van der Waals surface area contributed by atoms with Gasteiger partial charge >= 0.3 is 0 Å². The van der Waals surface area contributed by atoms with E-state index in [0.717, 1.165) is 6.20 Å². The van der Waals surface area contributed by atoms with E-state index in [1.165, 1.54) is 18.4 Å². The van der Waals surface area contributed by atoms with Gasteiger partial charge in [-0.25, -0.2) is 9.37 Å². The molecular formula is C14H19FN2O2. The lowest BCUT2D eigenvalue weighted by molar-refractivity contribution is 0.0914. The third kappa shape index (κ3) is 5.07. The summed E-state index contributed by atoms with van der Waals surface area (Å²) in [5.74, 6) is -0.841. The van der Waals surface area contributed by atoms with E-state index in [9.17, 15) is 9.18 Å². The Labute approximate surface area is 112 Å². The number of carbonyl (C=O) groups excluding carboxylic acids is 1. The van der Waals surface area contributed by atoms with Crippen LogP contribution in [0.1, 0.15) is 43.7 Å². The van der Waals surface area contributed by atoms with Crippen LogP contribution < -0.4 is 5.32 Å². The fraction of sp³-hybridized carbons (Fsp3) is 0.429. The summed E-state index contributed by atoms with van der Waals surface area (Å²) in [6.07, 6.45) is 3.97. The lowest BCUT2D eigenvalue weighted by atomic mass is 10.1. The van der Waals surface area contributed by atoms with Gasteiger partial charge in [0.15, 0.2) is 0 Å². The van der Waals surface area contributed by atoms with Crippen LogP contribution in [-0.4, -0.2) is 23.0 Å². The smallest absolute Gasteiger partial charge is 0.270 e. The van der Waals surface area contributed by atoms with Crippen LogP contribution in [0.4, 0.5) is 4.39 Å². The molecule has 0 spiro atoms. The molecule has 1 amide bonds. The summed E-state index contributed by atoms with van der Waals surface area (Å²) in [7, 11) is 0. The van der Waals surface area contributed by atoms with Crippen molar-refractivity contribution in [2.24, 2.45) is 0 Å². The van der Waals surface area contributed by atoms with Crippen LogP contribution in [-0.2, 0) is 4.74 Å². The first-order chi connectivity index (χ1) is 8.83. The van der Waals surface area contributed by atoms with Gasteiger partial charge in [-0.1, -0.05) is 0 Å². The van der Waals surface area contributed by atoms with E-state index < -0.39 is 5.82 Å². The molecule has 1 rings (SSSR count). The van der Waals surface area contributed by atoms with Crippen molar-refractivity contribution in [1.82, 2.24) is 10.3 Å². The van der Waals surface area contributed by atoms with Gasteiger partial charge < -0.3 is 10.1 Å². The van der Waals surface area contributed by atoms with Crippen LogP contribution in [0.2, 0.25) is 0 Å². The quantitative estimate of drug-likeness (QED) is 0.852. The Morgan fingerprint density at radius 1 is 1.53 bits per heavy atom. The minimum atomic E-state index is -0.497. The second kappa shape index (κ2) is 6.31. The summed E-state index contributed by atoms with van der Waals surface area (Å²) in [5, 5.41) is 2.79. The highest BCUT2D eigenvalue weighted by molar-refractivity contribution is 5.96. The summed E-state index contributed by atoms with van der Waals surface area (Å²) in [6, 6.07) is 1.25. The molecule has 0 bridgehead atoms. The molecule has 4 nitrogen and oxygen atoms in total. The van der Waals surface area contributed by atoms with Crippen molar-refractivity contribution >= 4 is 12.0 Å². The van der Waals surface area contributed by atoms with Gasteiger partial charge in [-0.05, 0) is 39.8 Å². The minimum absolute atomic E-state index is 0.173. The molecule has 0 aromatic carbocycles. The first kappa shape index (κ1) is 15.1. The number of ether oxygens (including phenoxy) is 1. The Hall–Kier alpha value is -1.91. The first-order valence-corrected chi connectivity index (χ1v) is 6.09. The Morgan fingerprint density at radius 2 is 2.21 bits per heavy atom. The number of halogens is 1. The second-order valence-corrected chi connectivity index (χ2v) is 5.05. The van der Waals surface area contributed by atoms with Crippen molar-refractivity contribution in [3.8, 4) is 0 Å². The topological polar surface area (TPSA) is 51.2 Å². The van der Waals surface area contributed by atoms with Gasteiger partial charge in [0.05, 0.1) is 19.1 Å². The third-order valence-electron chi connectivity index (χ3n) is 2.10. The standard InChI is InChI=1S/C14H19FN2O2/c1-5-19-7-6-10-8-11(15)9-16-12(10)13(18)17-14(2,3)4/h6-9H,5H2,1-4H3,(H,17,18)/b7-6+. The molecule has 0 saturated carbocycles. The number of nitrogens with one attached hydrogen (secondary N) is 1. The lowest BCUT2D eigenvalue weighted by Crippen LogP contribution is -2.41. The van der Waals surface area contributed by atoms with E-state index in [-0.39, 0.29) is 17.1 Å². The molecule has 0 aliphatic rings. The van der Waals surface area contributed by atoms with E-state index in [2.05, 4.69) is 10.3 Å². The first-order valence-electron chi connectivity index (χ1n) is 6.09. The zero-order chi connectivity index (χ0) is 14.5. The van der Waals surface area contributed by atoms with Gasteiger partial charge in [0.25, 0.3) is 5.91 Å². The van der Waals surface area contributed by atoms with Gasteiger partial charge in [-0.3, -0.25) is 4.79 Å². The molecule has 5 heteroatoms. The molecule has 0 atom stereocenters. The monoisotopic (exact) mass is 266 g/mol.